The Labute approximate surface area is 95.1 Å². The summed E-state index contributed by atoms with van der Waals surface area (Å²) in [6.07, 6.45) is 1.37. The van der Waals surface area contributed by atoms with Gasteiger partial charge in [0.25, 0.3) is 0 Å². The van der Waals surface area contributed by atoms with E-state index in [9.17, 15) is 4.39 Å². The fraction of sp³-hybridized carbons (Fsp3) is 0. The quantitative estimate of drug-likeness (QED) is 0.604. The van der Waals surface area contributed by atoms with Crippen LogP contribution in [0.25, 0.3) is 0 Å². The monoisotopic (exact) mass is 237 g/mol. The van der Waals surface area contributed by atoms with Gasteiger partial charge < -0.3 is 11.5 Å². The Morgan fingerprint density at radius 3 is 2.44 bits per heavy atom. The zero-order valence-corrected chi connectivity index (χ0v) is 8.91. The van der Waals surface area contributed by atoms with Gasteiger partial charge in [-0.2, -0.15) is 4.39 Å². The van der Waals surface area contributed by atoms with E-state index < -0.39 is 5.95 Å². The molecular formula is C9H8FN5S. The van der Waals surface area contributed by atoms with E-state index in [0.29, 0.717) is 10.1 Å². The van der Waals surface area contributed by atoms with Crippen molar-refractivity contribution in [1.82, 2.24) is 15.0 Å². The second-order valence-corrected chi connectivity index (χ2v) is 3.96. The van der Waals surface area contributed by atoms with Crippen LogP contribution in [0.2, 0.25) is 0 Å². The van der Waals surface area contributed by atoms with E-state index in [1.807, 2.05) is 0 Å². The Morgan fingerprint density at radius 1 is 1.12 bits per heavy atom. The van der Waals surface area contributed by atoms with E-state index in [4.69, 9.17) is 11.5 Å². The number of hydrogen-bond donors (Lipinski definition) is 2. The molecule has 0 saturated carbocycles. The van der Waals surface area contributed by atoms with E-state index in [-0.39, 0.29) is 11.6 Å². The van der Waals surface area contributed by atoms with Crippen LogP contribution in [-0.2, 0) is 0 Å². The number of anilines is 2. The SMILES string of the molecule is Nc1cc(N)nc(Sc2ccnc(F)c2)n1. The molecule has 0 atom stereocenters. The molecule has 4 N–H and O–H groups in total. The zero-order chi connectivity index (χ0) is 11.5. The zero-order valence-electron chi connectivity index (χ0n) is 8.09. The molecule has 0 saturated heterocycles. The number of halogens is 1. The Morgan fingerprint density at radius 2 is 1.81 bits per heavy atom. The lowest BCUT2D eigenvalue weighted by molar-refractivity contribution is 0.579. The van der Waals surface area contributed by atoms with Crippen LogP contribution >= 0.6 is 11.8 Å². The average molecular weight is 237 g/mol. The molecule has 0 spiro atoms. The molecule has 0 aromatic carbocycles. The van der Waals surface area contributed by atoms with Crippen molar-refractivity contribution in [3.05, 3.63) is 30.3 Å². The number of pyridine rings is 1. The van der Waals surface area contributed by atoms with Crippen molar-refractivity contribution >= 4 is 23.4 Å². The topological polar surface area (TPSA) is 90.7 Å². The summed E-state index contributed by atoms with van der Waals surface area (Å²) in [6, 6.07) is 4.39. The minimum atomic E-state index is -0.554. The Kier molecular flexibility index (Phi) is 2.86. The number of nitrogens with zero attached hydrogens (tertiary/aromatic N) is 3. The summed E-state index contributed by atoms with van der Waals surface area (Å²) >= 11 is 1.17. The molecular weight excluding hydrogens is 229 g/mol. The van der Waals surface area contributed by atoms with Crippen LogP contribution in [0.4, 0.5) is 16.0 Å². The van der Waals surface area contributed by atoms with E-state index >= 15 is 0 Å². The van der Waals surface area contributed by atoms with Gasteiger partial charge in [0, 0.05) is 23.2 Å². The standard InChI is InChI=1S/C9H8FN5S/c10-6-3-5(1-2-13-6)16-9-14-7(11)4-8(12)15-9/h1-4H,(H4,11,12,14,15). The summed E-state index contributed by atoms with van der Waals surface area (Å²) in [4.78, 5) is 12.0. The molecule has 82 valence electrons. The van der Waals surface area contributed by atoms with Crippen LogP contribution in [0, 0.1) is 5.95 Å². The third-order valence-corrected chi connectivity index (χ3v) is 2.51. The third-order valence-electron chi connectivity index (χ3n) is 1.65. The van der Waals surface area contributed by atoms with Gasteiger partial charge in [-0.1, -0.05) is 0 Å². The molecule has 0 bridgehead atoms. The highest BCUT2D eigenvalue weighted by atomic mass is 32.2. The van der Waals surface area contributed by atoms with Gasteiger partial charge >= 0.3 is 0 Å². The van der Waals surface area contributed by atoms with Gasteiger partial charge in [0.05, 0.1) is 0 Å². The van der Waals surface area contributed by atoms with Crippen LogP contribution in [0.15, 0.2) is 34.4 Å². The molecule has 7 heteroatoms. The van der Waals surface area contributed by atoms with Crippen molar-refractivity contribution < 1.29 is 4.39 Å². The number of nitrogen functional groups attached to an aromatic ring is 2. The smallest absolute Gasteiger partial charge is 0.213 e. The first kappa shape index (κ1) is 10.6. The molecule has 0 aliphatic heterocycles. The normalized spacial score (nSPS) is 10.3. The summed E-state index contributed by atoms with van der Waals surface area (Å²) in [6.45, 7) is 0. The molecule has 2 aromatic rings. The van der Waals surface area contributed by atoms with Crippen LogP contribution in [0.5, 0.6) is 0 Å². The highest BCUT2D eigenvalue weighted by molar-refractivity contribution is 7.99. The van der Waals surface area contributed by atoms with Gasteiger partial charge in [0.1, 0.15) is 11.6 Å². The molecule has 0 radical (unpaired) electrons. The molecule has 2 heterocycles. The number of hydrogen-bond acceptors (Lipinski definition) is 6. The lowest BCUT2D eigenvalue weighted by Gasteiger charge is -2.02. The predicted molar refractivity (Wildman–Crippen MR) is 59.2 cm³/mol. The first-order chi connectivity index (χ1) is 7.63. The Bertz CT molecular complexity index is 499. The summed E-state index contributed by atoms with van der Waals surface area (Å²) < 4.78 is 12.8. The van der Waals surface area contributed by atoms with Crippen molar-refractivity contribution in [2.24, 2.45) is 0 Å². The molecule has 0 unspecified atom stereocenters. The molecule has 5 nitrogen and oxygen atoms in total. The number of aromatic nitrogens is 3. The van der Waals surface area contributed by atoms with Crippen LogP contribution < -0.4 is 11.5 Å². The Hall–Kier alpha value is -1.89. The Balaban J connectivity index is 2.27. The molecule has 0 amide bonds. The molecule has 2 rings (SSSR count). The van der Waals surface area contributed by atoms with Crippen LogP contribution in [-0.4, -0.2) is 15.0 Å². The fourth-order valence-corrected chi connectivity index (χ4v) is 1.86. The summed E-state index contributed by atoms with van der Waals surface area (Å²) in [7, 11) is 0. The number of rotatable bonds is 2. The molecule has 0 fully saturated rings. The van der Waals surface area contributed by atoms with E-state index in [1.165, 1.54) is 30.1 Å². The maximum Gasteiger partial charge on any atom is 0.213 e. The molecule has 16 heavy (non-hydrogen) atoms. The summed E-state index contributed by atoms with van der Waals surface area (Å²) in [5, 5.41) is 0.378. The van der Waals surface area contributed by atoms with Crippen molar-refractivity contribution in [3.8, 4) is 0 Å². The van der Waals surface area contributed by atoms with Gasteiger partial charge in [-0.25, -0.2) is 15.0 Å². The largest absolute Gasteiger partial charge is 0.383 e. The van der Waals surface area contributed by atoms with Crippen molar-refractivity contribution in [3.63, 3.8) is 0 Å². The first-order valence-electron chi connectivity index (χ1n) is 4.33. The predicted octanol–water partition coefficient (Wildman–Crippen LogP) is 1.33. The summed E-state index contributed by atoms with van der Waals surface area (Å²) in [5.41, 5.74) is 11.0. The van der Waals surface area contributed by atoms with Gasteiger partial charge in [-0.3, -0.25) is 0 Å². The maximum atomic E-state index is 12.8. The lowest BCUT2D eigenvalue weighted by Crippen LogP contribution is -1.99. The summed E-state index contributed by atoms with van der Waals surface area (Å²) in [5.74, 6) is 0.0101. The average Bonchev–Trinajstić information content (AvgIpc) is 2.15. The minimum Gasteiger partial charge on any atom is -0.383 e. The highest BCUT2D eigenvalue weighted by Crippen LogP contribution is 2.25. The van der Waals surface area contributed by atoms with Gasteiger partial charge in [-0.05, 0) is 17.8 Å². The minimum absolute atomic E-state index is 0.282. The van der Waals surface area contributed by atoms with E-state index in [0.717, 1.165) is 0 Å². The lowest BCUT2D eigenvalue weighted by atomic mass is 10.5. The van der Waals surface area contributed by atoms with Gasteiger partial charge in [0.15, 0.2) is 5.16 Å². The molecule has 0 aliphatic rings. The molecule has 2 aromatic heterocycles. The van der Waals surface area contributed by atoms with Crippen molar-refractivity contribution in [2.45, 2.75) is 10.1 Å². The second kappa shape index (κ2) is 4.31. The number of nitrogens with two attached hydrogens (primary N) is 2. The van der Waals surface area contributed by atoms with E-state index in [2.05, 4.69) is 15.0 Å². The highest BCUT2D eigenvalue weighted by Gasteiger charge is 2.04. The first-order valence-corrected chi connectivity index (χ1v) is 5.14. The maximum absolute atomic E-state index is 12.8. The third kappa shape index (κ3) is 2.57. The molecule has 0 aliphatic carbocycles. The van der Waals surface area contributed by atoms with Crippen molar-refractivity contribution in [2.75, 3.05) is 11.5 Å². The fourth-order valence-electron chi connectivity index (χ4n) is 1.06. The van der Waals surface area contributed by atoms with E-state index in [1.54, 1.807) is 6.07 Å². The van der Waals surface area contributed by atoms with Gasteiger partial charge in [-0.15, -0.1) is 0 Å². The second-order valence-electron chi connectivity index (χ2n) is 2.92. The van der Waals surface area contributed by atoms with Gasteiger partial charge in [0.2, 0.25) is 5.95 Å². The van der Waals surface area contributed by atoms with Crippen molar-refractivity contribution in [1.29, 1.82) is 0 Å². The van der Waals surface area contributed by atoms with Crippen LogP contribution in [0.3, 0.4) is 0 Å². The van der Waals surface area contributed by atoms with Crippen LogP contribution in [0.1, 0.15) is 0 Å².